The Morgan fingerprint density at radius 3 is 2.76 bits per heavy atom. The van der Waals surface area contributed by atoms with E-state index in [1.807, 2.05) is 47.8 Å². The van der Waals surface area contributed by atoms with Crippen molar-refractivity contribution in [3.8, 4) is 10.6 Å². The van der Waals surface area contributed by atoms with E-state index in [1.54, 1.807) is 17.4 Å². The fraction of sp³-hybridized carbons (Fsp3) is 0.167. The molecule has 4 rings (SSSR count). The lowest BCUT2D eigenvalue weighted by atomic mass is 10.1. The lowest BCUT2D eigenvalue weighted by molar-refractivity contribution is -0.127. The van der Waals surface area contributed by atoms with Gasteiger partial charge in [0, 0.05) is 12.5 Å². The van der Waals surface area contributed by atoms with Crippen LogP contribution in [0.3, 0.4) is 0 Å². The lowest BCUT2D eigenvalue weighted by Gasteiger charge is -2.11. The Bertz CT molecular complexity index is 889. The summed E-state index contributed by atoms with van der Waals surface area (Å²) in [5.41, 5.74) is 1.55. The molecule has 1 aromatic carbocycles. The summed E-state index contributed by atoms with van der Waals surface area (Å²) in [6.45, 7) is 0.102. The Morgan fingerprint density at radius 2 is 2.00 bits per heavy atom. The minimum atomic E-state index is -0.543. The fourth-order valence-electron chi connectivity index (χ4n) is 2.80. The summed E-state index contributed by atoms with van der Waals surface area (Å²) in [5, 5.41) is 8.66. The van der Waals surface area contributed by atoms with Crippen LogP contribution in [0.15, 0.2) is 58.4 Å². The number of rotatable bonds is 5. The molecule has 3 aromatic rings. The van der Waals surface area contributed by atoms with E-state index in [9.17, 15) is 9.59 Å². The van der Waals surface area contributed by atoms with Crippen molar-refractivity contribution in [1.82, 2.24) is 15.4 Å². The fourth-order valence-corrected chi connectivity index (χ4v) is 3.47. The molecule has 7 heteroatoms. The van der Waals surface area contributed by atoms with Gasteiger partial charge >= 0.3 is 6.03 Å². The molecule has 0 aliphatic carbocycles. The third-order valence-corrected chi connectivity index (χ3v) is 4.92. The van der Waals surface area contributed by atoms with Gasteiger partial charge in [0.15, 0.2) is 5.76 Å². The minimum absolute atomic E-state index is 0.102. The van der Waals surface area contributed by atoms with Crippen LogP contribution in [0.5, 0.6) is 0 Å². The zero-order valence-electron chi connectivity index (χ0n) is 13.2. The summed E-state index contributed by atoms with van der Waals surface area (Å²) in [6, 6.07) is 14.3. The van der Waals surface area contributed by atoms with E-state index in [0.717, 1.165) is 10.4 Å². The number of hydrogen-bond acceptors (Lipinski definition) is 5. The van der Waals surface area contributed by atoms with E-state index >= 15 is 0 Å². The van der Waals surface area contributed by atoms with Gasteiger partial charge in [-0.3, -0.25) is 9.69 Å². The SMILES string of the molecule is O=C1N[C@H](Cc2ccccc2)C(=O)N1Cc1cc(-c2cccs2)on1. The van der Waals surface area contributed by atoms with Gasteiger partial charge in [0.1, 0.15) is 11.7 Å². The van der Waals surface area contributed by atoms with Gasteiger partial charge < -0.3 is 9.84 Å². The highest BCUT2D eigenvalue weighted by Gasteiger charge is 2.38. The normalized spacial score (nSPS) is 17.1. The van der Waals surface area contributed by atoms with Crippen LogP contribution < -0.4 is 5.32 Å². The summed E-state index contributed by atoms with van der Waals surface area (Å²) in [7, 11) is 0. The Balaban J connectivity index is 1.46. The zero-order chi connectivity index (χ0) is 17.2. The van der Waals surface area contributed by atoms with Gasteiger partial charge in [0.25, 0.3) is 5.91 Å². The molecular formula is C18H15N3O3S. The number of amides is 3. The summed E-state index contributed by atoms with van der Waals surface area (Å²) in [6.07, 6.45) is 0.473. The maximum absolute atomic E-state index is 12.5. The molecule has 0 radical (unpaired) electrons. The Labute approximate surface area is 148 Å². The topological polar surface area (TPSA) is 75.4 Å². The van der Waals surface area contributed by atoms with Crippen LogP contribution in [0.25, 0.3) is 10.6 Å². The van der Waals surface area contributed by atoms with E-state index in [-0.39, 0.29) is 12.5 Å². The number of imide groups is 1. The molecule has 1 N–H and O–H groups in total. The monoisotopic (exact) mass is 353 g/mol. The summed E-state index contributed by atoms with van der Waals surface area (Å²) in [5.74, 6) is 0.396. The molecule has 0 unspecified atom stereocenters. The number of benzene rings is 1. The van der Waals surface area contributed by atoms with Crippen LogP contribution in [0.2, 0.25) is 0 Å². The molecule has 3 amide bonds. The molecule has 1 atom stereocenters. The highest BCUT2D eigenvalue weighted by molar-refractivity contribution is 7.13. The second-order valence-corrected chi connectivity index (χ2v) is 6.72. The number of thiophene rings is 1. The van der Waals surface area contributed by atoms with Crippen LogP contribution in [0.1, 0.15) is 11.3 Å². The third kappa shape index (κ3) is 3.18. The molecule has 6 nitrogen and oxygen atoms in total. The van der Waals surface area contributed by atoms with E-state index in [1.165, 1.54) is 4.90 Å². The summed E-state index contributed by atoms with van der Waals surface area (Å²) < 4.78 is 5.30. The van der Waals surface area contributed by atoms with Crippen LogP contribution in [-0.4, -0.2) is 28.0 Å². The predicted octanol–water partition coefficient (Wildman–Crippen LogP) is 3.07. The Morgan fingerprint density at radius 1 is 1.16 bits per heavy atom. The van der Waals surface area contributed by atoms with Gasteiger partial charge in [-0.05, 0) is 17.0 Å². The van der Waals surface area contributed by atoms with Crippen molar-refractivity contribution in [2.24, 2.45) is 0 Å². The molecule has 0 spiro atoms. The highest BCUT2D eigenvalue weighted by atomic mass is 32.1. The molecule has 3 heterocycles. The van der Waals surface area contributed by atoms with E-state index in [2.05, 4.69) is 10.5 Å². The summed E-state index contributed by atoms with van der Waals surface area (Å²) in [4.78, 5) is 26.8. The quantitative estimate of drug-likeness (QED) is 0.715. The lowest BCUT2D eigenvalue weighted by Crippen LogP contribution is -2.32. The van der Waals surface area contributed by atoms with E-state index in [4.69, 9.17) is 4.52 Å². The second-order valence-electron chi connectivity index (χ2n) is 5.78. The van der Waals surface area contributed by atoms with Crippen molar-refractivity contribution in [3.63, 3.8) is 0 Å². The van der Waals surface area contributed by atoms with Crippen molar-refractivity contribution in [2.75, 3.05) is 0 Å². The highest BCUT2D eigenvalue weighted by Crippen LogP contribution is 2.26. The van der Waals surface area contributed by atoms with Gasteiger partial charge in [-0.2, -0.15) is 0 Å². The maximum Gasteiger partial charge on any atom is 0.325 e. The Hall–Kier alpha value is -2.93. The number of nitrogens with zero attached hydrogens (tertiary/aromatic N) is 2. The first-order valence-electron chi connectivity index (χ1n) is 7.86. The molecule has 25 heavy (non-hydrogen) atoms. The van der Waals surface area contributed by atoms with Crippen molar-refractivity contribution in [1.29, 1.82) is 0 Å². The molecule has 2 aromatic heterocycles. The number of carbonyl (C=O) groups excluding carboxylic acids is 2. The molecule has 126 valence electrons. The van der Waals surface area contributed by atoms with E-state index < -0.39 is 12.1 Å². The first kappa shape index (κ1) is 15.6. The maximum atomic E-state index is 12.5. The van der Waals surface area contributed by atoms with Gasteiger partial charge in [-0.25, -0.2) is 4.79 Å². The van der Waals surface area contributed by atoms with Crippen LogP contribution in [0.4, 0.5) is 4.79 Å². The largest absolute Gasteiger partial charge is 0.355 e. The number of carbonyl (C=O) groups is 2. The minimum Gasteiger partial charge on any atom is -0.355 e. The van der Waals surface area contributed by atoms with Gasteiger partial charge in [-0.15, -0.1) is 11.3 Å². The van der Waals surface area contributed by atoms with Gasteiger partial charge in [0.2, 0.25) is 0 Å². The molecule has 0 saturated carbocycles. The van der Waals surface area contributed by atoms with Crippen LogP contribution in [0, 0.1) is 0 Å². The van der Waals surface area contributed by atoms with E-state index in [0.29, 0.717) is 17.9 Å². The van der Waals surface area contributed by atoms with Crippen molar-refractivity contribution in [3.05, 3.63) is 65.2 Å². The average molecular weight is 353 g/mol. The molecule has 1 fully saturated rings. The average Bonchev–Trinajstić information content (AvgIpc) is 3.34. The smallest absolute Gasteiger partial charge is 0.325 e. The third-order valence-electron chi connectivity index (χ3n) is 4.03. The van der Waals surface area contributed by atoms with Crippen LogP contribution in [-0.2, 0) is 17.8 Å². The first-order valence-corrected chi connectivity index (χ1v) is 8.74. The molecule has 0 bridgehead atoms. The predicted molar refractivity (Wildman–Crippen MR) is 92.8 cm³/mol. The standard InChI is InChI=1S/C18H15N3O3S/c22-17-14(9-12-5-2-1-3-6-12)19-18(23)21(17)11-13-10-15(24-20-13)16-7-4-8-25-16/h1-8,10,14H,9,11H2,(H,19,23)/t14-/m1/s1. The first-order chi connectivity index (χ1) is 12.2. The van der Waals surface area contributed by atoms with Crippen molar-refractivity contribution >= 4 is 23.3 Å². The van der Waals surface area contributed by atoms with Gasteiger partial charge in [0.05, 0.1) is 11.4 Å². The zero-order valence-corrected chi connectivity index (χ0v) is 14.0. The molecule has 1 aliphatic heterocycles. The van der Waals surface area contributed by atoms with Crippen LogP contribution >= 0.6 is 11.3 Å². The second kappa shape index (κ2) is 6.52. The van der Waals surface area contributed by atoms with Crippen molar-refractivity contribution < 1.29 is 14.1 Å². The molecule has 1 saturated heterocycles. The number of urea groups is 1. The Kier molecular flexibility index (Phi) is 4.07. The summed E-state index contributed by atoms with van der Waals surface area (Å²) >= 11 is 1.54. The van der Waals surface area contributed by atoms with Crippen molar-refractivity contribution in [2.45, 2.75) is 19.0 Å². The van der Waals surface area contributed by atoms with Gasteiger partial charge in [-0.1, -0.05) is 41.6 Å². The number of hydrogen-bond donors (Lipinski definition) is 1. The number of aromatic nitrogens is 1. The molecular weight excluding hydrogens is 338 g/mol. The molecule has 1 aliphatic rings. The number of nitrogens with one attached hydrogen (secondary N) is 1.